The summed E-state index contributed by atoms with van der Waals surface area (Å²) in [7, 11) is -3.09. The highest BCUT2D eigenvalue weighted by Gasteiger charge is 2.10. The Hall–Kier alpha value is -2.67. The normalized spacial score (nSPS) is 11.5. The van der Waals surface area contributed by atoms with E-state index < -0.39 is 9.84 Å². The number of aromatic amines is 1. The molecule has 3 rings (SSSR count). The summed E-state index contributed by atoms with van der Waals surface area (Å²) in [5.41, 5.74) is 2.69. The Morgan fingerprint density at radius 3 is 2.48 bits per heavy atom. The maximum atomic E-state index is 12.2. The number of sulfone groups is 1. The van der Waals surface area contributed by atoms with Gasteiger partial charge >= 0.3 is 0 Å². The molecule has 2 aromatic carbocycles. The molecule has 0 aliphatic heterocycles. The number of imidazole rings is 1. The number of carbonyl (C=O) groups excluding carboxylic acids is 1. The van der Waals surface area contributed by atoms with Crippen molar-refractivity contribution >= 4 is 32.7 Å². The van der Waals surface area contributed by atoms with Gasteiger partial charge < -0.3 is 4.98 Å². The highest BCUT2D eigenvalue weighted by Crippen LogP contribution is 2.14. The molecule has 23 heavy (non-hydrogen) atoms. The van der Waals surface area contributed by atoms with Crippen LogP contribution in [0.25, 0.3) is 11.0 Å². The molecule has 0 bridgehead atoms. The second-order valence-electron chi connectivity index (χ2n) is 5.32. The van der Waals surface area contributed by atoms with Crippen molar-refractivity contribution in [1.82, 2.24) is 9.97 Å². The number of anilines is 1. The Kier molecular flexibility index (Phi) is 3.87. The predicted octanol–water partition coefficient (Wildman–Crippen LogP) is 2.36. The first-order chi connectivity index (χ1) is 10.9. The number of aromatic nitrogens is 2. The van der Waals surface area contributed by atoms with Gasteiger partial charge in [0.1, 0.15) is 0 Å². The van der Waals surface area contributed by atoms with E-state index in [0.717, 1.165) is 11.0 Å². The first kappa shape index (κ1) is 15.2. The Morgan fingerprint density at radius 2 is 1.83 bits per heavy atom. The maximum Gasteiger partial charge on any atom is 0.257 e. The maximum absolute atomic E-state index is 12.2. The van der Waals surface area contributed by atoms with E-state index in [1.807, 2.05) is 24.3 Å². The number of fused-ring (bicyclic) bond motifs is 1. The van der Waals surface area contributed by atoms with Gasteiger partial charge in [0.15, 0.2) is 9.84 Å². The molecule has 0 unspecified atom stereocenters. The fourth-order valence-corrected chi connectivity index (χ4v) is 3.04. The summed E-state index contributed by atoms with van der Waals surface area (Å²) < 4.78 is 22.5. The zero-order chi connectivity index (χ0) is 16.4. The molecule has 2 N–H and O–H groups in total. The molecule has 6 nitrogen and oxygen atoms in total. The predicted molar refractivity (Wildman–Crippen MR) is 89.0 cm³/mol. The third-order valence-corrected chi connectivity index (χ3v) is 4.12. The number of H-pyrrole nitrogens is 1. The smallest absolute Gasteiger partial charge is 0.257 e. The molecule has 0 spiro atoms. The summed E-state index contributed by atoms with van der Waals surface area (Å²) >= 11 is 0. The molecule has 0 radical (unpaired) electrons. The lowest BCUT2D eigenvalue weighted by molar-refractivity contribution is 0.102. The zero-order valence-corrected chi connectivity index (χ0v) is 13.2. The highest BCUT2D eigenvalue weighted by atomic mass is 32.2. The molecule has 7 heteroatoms. The molecule has 1 aromatic heterocycles. The van der Waals surface area contributed by atoms with Crippen molar-refractivity contribution in [3.63, 3.8) is 0 Å². The number of para-hydroxylation sites is 2. The Morgan fingerprint density at radius 1 is 1.13 bits per heavy atom. The van der Waals surface area contributed by atoms with Gasteiger partial charge in [-0.3, -0.25) is 10.1 Å². The number of amides is 1. The average molecular weight is 329 g/mol. The van der Waals surface area contributed by atoms with Crippen LogP contribution in [0.4, 0.5) is 5.95 Å². The van der Waals surface area contributed by atoms with Crippen LogP contribution in [0.3, 0.4) is 0 Å². The van der Waals surface area contributed by atoms with Crippen molar-refractivity contribution in [2.75, 3.05) is 11.6 Å². The minimum atomic E-state index is -3.09. The molecule has 0 atom stereocenters. The van der Waals surface area contributed by atoms with Crippen LogP contribution in [0.5, 0.6) is 0 Å². The Balaban J connectivity index is 1.75. The standard InChI is InChI=1S/C16H15N3O3S/c1-23(21,22)10-11-6-8-12(9-7-11)15(20)19-16-17-13-4-2-3-5-14(13)18-16/h2-9H,10H2,1H3,(H2,17,18,19,20). The minimum Gasteiger partial charge on any atom is -0.324 e. The molecule has 0 saturated heterocycles. The zero-order valence-electron chi connectivity index (χ0n) is 12.4. The van der Waals surface area contributed by atoms with Crippen molar-refractivity contribution in [1.29, 1.82) is 0 Å². The summed E-state index contributed by atoms with van der Waals surface area (Å²) in [6.45, 7) is 0. The van der Waals surface area contributed by atoms with Gasteiger partial charge in [-0.2, -0.15) is 0 Å². The van der Waals surface area contributed by atoms with Gasteiger partial charge in [-0.1, -0.05) is 24.3 Å². The summed E-state index contributed by atoms with van der Waals surface area (Å²) in [4.78, 5) is 19.5. The van der Waals surface area contributed by atoms with E-state index in [4.69, 9.17) is 0 Å². The molecular formula is C16H15N3O3S. The van der Waals surface area contributed by atoms with Crippen LogP contribution in [0.15, 0.2) is 48.5 Å². The van der Waals surface area contributed by atoms with Gasteiger partial charge in [0.05, 0.1) is 16.8 Å². The number of nitrogens with zero attached hydrogens (tertiary/aromatic N) is 1. The lowest BCUT2D eigenvalue weighted by Crippen LogP contribution is -2.13. The topological polar surface area (TPSA) is 91.9 Å². The van der Waals surface area contributed by atoms with Crippen molar-refractivity contribution < 1.29 is 13.2 Å². The molecule has 0 saturated carbocycles. The number of nitrogens with one attached hydrogen (secondary N) is 2. The van der Waals surface area contributed by atoms with E-state index in [1.165, 1.54) is 6.26 Å². The lowest BCUT2D eigenvalue weighted by Gasteiger charge is -2.03. The molecule has 118 valence electrons. The van der Waals surface area contributed by atoms with Crippen LogP contribution >= 0.6 is 0 Å². The van der Waals surface area contributed by atoms with E-state index in [0.29, 0.717) is 17.1 Å². The van der Waals surface area contributed by atoms with Crippen LogP contribution in [0.2, 0.25) is 0 Å². The van der Waals surface area contributed by atoms with E-state index >= 15 is 0 Å². The number of carbonyl (C=O) groups is 1. The molecule has 1 amide bonds. The van der Waals surface area contributed by atoms with Crippen LogP contribution in [0.1, 0.15) is 15.9 Å². The second-order valence-corrected chi connectivity index (χ2v) is 7.46. The highest BCUT2D eigenvalue weighted by molar-refractivity contribution is 7.89. The van der Waals surface area contributed by atoms with Crippen molar-refractivity contribution in [2.45, 2.75) is 5.75 Å². The molecule has 0 aliphatic carbocycles. The third kappa shape index (κ3) is 3.75. The fraction of sp³-hybridized carbons (Fsp3) is 0.125. The monoisotopic (exact) mass is 329 g/mol. The number of hydrogen-bond donors (Lipinski definition) is 2. The third-order valence-electron chi connectivity index (χ3n) is 3.27. The van der Waals surface area contributed by atoms with Gasteiger partial charge in [-0.05, 0) is 29.8 Å². The van der Waals surface area contributed by atoms with Gasteiger partial charge in [0.25, 0.3) is 5.91 Å². The Labute approximate surface area is 133 Å². The first-order valence-corrected chi connectivity index (χ1v) is 8.99. The summed E-state index contributed by atoms with van der Waals surface area (Å²) in [6, 6.07) is 13.9. The van der Waals surface area contributed by atoms with Crippen LogP contribution in [-0.4, -0.2) is 30.5 Å². The van der Waals surface area contributed by atoms with Crippen LogP contribution in [0, 0.1) is 0 Å². The van der Waals surface area contributed by atoms with Crippen molar-refractivity contribution in [2.24, 2.45) is 0 Å². The van der Waals surface area contributed by atoms with E-state index in [1.54, 1.807) is 24.3 Å². The van der Waals surface area contributed by atoms with Crippen molar-refractivity contribution in [3.05, 3.63) is 59.7 Å². The van der Waals surface area contributed by atoms with E-state index in [-0.39, 0.29) is 11.7 Å². The molecule has 0 fully saturated rings. The van der Waals surface area contributed by atoms with E-state index in [2.05, 4.69) is 15.3 Å². The number of hydrogen-bond acceptors (Lipinski definition) is 4. The largest absolute Gasteiger partial charge is 0.324 e. The van der Waals surface area contributed by atoms with E-state index in [9.17, 15) is 13.2 Å². The Bertz CT molecular complexity index is 927. The van der Waals surface area contributed by atoms with Gasteiger partial charge in [0.2, 0.25) is 5.95 Å². The van der Waals surface area contributed by atoms with Crippen LogP contribution in [-0.2, 0) is 15.6 Å². The second kappa shape index (κ2) is 5.85. The fourth-order valence-electron chi connectivity index (χ4n) is 2.25. The van der Waals surface area contributed by atoms with Gasteiger partial charge in [0, 0.05) is 11.8 Å². The number of benzene rings is 2. The number of rotatable bonds is 4. The first-order valence-electron chi connectivity index (χ1n) is 6.93. The SMILES string of the molecule is CS(=O)(=O)Cc1ccc(C(=O)Nc2nc3ccccc3[nH]2)cc1. The quantitative estimate of drug-likeness (QED) is 0.768. The average Bonchev–Trinajstić information content (AvgIpc) is 2.88. The summed E-state index contributed by atoms with van der Waals surface area (Å²) in [6.07, 6.45) is 1.18. The minimum absolute atomic E-state index is 0.0432. The van der Waals surface area contributed by atoms with Gasteiger partial charge in [-0.25, -0.2) is 13.4 Å². The lowest BCUT2D eigenvalue weighted by atomic mass is 10.1. The summed E-state index contributed by atoms with van der Waals surface area (Å²) in [5.74, 6) is 0.0183. The molecule has 0 aliphatic rings. The molecular weight excluding hydrogens is 314 g/mol. The molecule has 1 heterocycles. The van der Waals surface area contributed by atoms with Crippen LogP contribution < -0.4 is 5.32 Å². The van der Waals surface area contributed by atoms with Crippen molar-refractivity contribution in [3.8, 4) is 0 Å². The molecule has 3 aromatic rings. The summed E-state index contributed by atoms with van der Waals surface area (Å²) in [5, 5.41) is 2.69. The van der Waals surface area contributed by atoms with Gasteiger partial charge in [-0.15, -0.1) is 0 Å².